The van der Waals surface area contributed by atoms with Gasteiger partial charge in [0.1, 0.15) is 17.1 Å². The van der Waals surface area contributed by atoms with Crippen molar-refractivity contribution in [1.29, 1.82) is 0 Å². The van der Waals surface area contributed by atoms with Gasteiger partial charge in [-0.05, 0) is 37.0 Å². The van der Waals surface area contributed by atoms with Gasteiger partial charge in [0.05, 0.1) is 31.1 Å². The molecule has 3 N–H and O–H groups in total. The van der Waals surface area contributed by atoms with Gasteiger partial charge in [0.2, 0.25) is 0 Å². The van der Waals surface area contributed by atoms with Crippen LogP contribution >= 0.6 is 0 Å². The molecule has 0 radical (unpaired) electrons. The predicted molar refractivity (Wildman–Crippen MR) is 140 cm³/mol. The fourth-order valence-corrected chi connectivity index (χ4v) is 4.65. The number of fused-ring (bicyclic) bond motifs is 1. The minimum absolute atomic E-state index is 0.0175. The number of hydrogen-bond donors (Lipinski definition) is 2. The first-order chi connectivity index (χ1) is 17.5. The number of rotatable bonds is 10. The molecule has 0 spiro atoms. The maximum Gasteiger partial charge on any atom is 0.137 e. The molecule has 0 unspecified atom stereocenters. The van der Waals surface area contributed by atoms with E-state index in [1.807, 2.05) is 31.6 Å². The molecule has 0 aliphatic heterocycles. The van der Waals surface area contributed by atoms with Crippen molar-refractivity contribution in [1.82, 2.24) is 29.7 Å². The van der Waals surface area contributed by atoms with Crippen molar-refractivity contribution in [2.24, 2.45) is 4.99 Å². The molecule has 36 heavy (non-hydrogen) atoms. The molecule has 10 heteroatoms. The first kappa shape index (κ1) is 24.0. The maximum atomic E-state index is 6.23. The summed E-state index contributed by atoms with van der Waals surface area (Å²) >= 11 is 0. The van der Waals surface area contributed by atoms with Gasteiger partial charge in [-0.25, -0.2) is 9.67 Å². The number of nitrogens with two attached hydrogens (primary N) is 1. The number of aromatic nitrogens is 5. The smallest absolute Gasteiger partial charge is 0.137 e. The summed E-state index contributed by atoms with van der Waals surface area (Å²) in [6, 6.07) is 7.81. The van der Waals surface area contributed by atoms with E-state index >= 15 is 0 Å². The van der Waals surface area contributed by atoms with E-state index in [4.69, 9.17) is 20.2 Å². The summed E-state index contributed by atoms with van der Waals surface area (Å²) in [4.78, 5) is 8.88. The van der Waals surface area contributed by atoms with E-state index in [9.17, 15) is 0 Å². The number of hydrogen-bond acceptors (Lipinski definition) is 8. The van der Waals surface area contributed by atoms with E-state index in [0.717, 1.165) is 48.4 Å². The monoisotopic (exact) mass is 488 g/mol. The minimum atomic E-state index is 0.0175. The lowest BCUT2D eigenvalue weighted by Crippen LogP contribution is -2.47. The Kier molecular flexibility index (Phi) is 6.71. The van der Waals surface area contributed by atoms with Gasteiger partial charge in [-0.1, -0.05) is 11.3 Å². The highest BCUT2D eigenvalue weighted by atomic mass is 16.5. The van der Waals surface area contributed by atoms with Crippen LogP contribution in [0.3, 0.4) is 0 Å². The molecule has 1 aromatic carbocycles. The zero-order valence-corrected chi connectivity index (χ0v) is 20.9. The number of methoxy groups -OCH3 is 2. The number of aliphatic imine (C=N–C) groups is 1. The third-order valence-electron chi connectivity index (χ3n) is 6.85. The Labute approximate surface area is 210 Å². The van der Waals surface area contributed by atoms with Gasteiger partial charge >= 0.3 is 0 Å². The maximum absolute atomic E-state index is 6.23. The number of ether oxygens (including phenoxy) is 2. The number of nitrogens with zero attached hydrogens (tertiary/aromatic N) is 6. The van der Waals surface area contributed by atoms with Gasteiger partial charge < -0.3 is 24.9 Å². The number of anilines is 1. The standard InChI is InChI=1S/C26H32N8O2/c1-28-12-22-21(9-20(35-2)10-23(22)27)24-16-34(32-31-24)15-19-14-33-13-18(5-6-25(33)30-19)11-29-17-26(36-3)7-4-8-26/h5-6,9-10,12-14,16,29H,4,7-8,11,15,17,27H2,1-3H3. The molecular formula is C26H32N8O2. The van der Waals surface area contributed by atoms with Crippen molar-refractivity contribution >= 4 is 17.5 Å². The Balaban J connectivity index is 1.30. The second kappa shape index (κ2) is 10.1. The van der Waals surface area contributed by atoms with Crippen LogP contribution in [0.1, 0.15) is 36.1 Å². The summed E-state index contributed by atoms with van der Waals surface area (Å²) in [5, 5.41) is 12.2. The lowest BCUT2D eigenvalue weighted by atomic mass is 9.80. The van der Waals surface area contributed by atoms with E-state index in [1.165, 1.54) is 12.0 Å². The highest BCUT2D eigenvalue weighted by Crippen LogP contribution is 2.34. The zero-order valence-electron chi connectivity index (χ0n) is 20.9. The molecule has 10 nitrogen and oxygen atoms in total. The third-order valence-corrected chi connectivity index (χ3v) is 6.85. The molecule has 0 atom stereocenters. The first-order valence-electron chi connectivity index (χ1n) is 12.0. The molecule has 0 amide bonds. The van der Waals surface area contributed by atoms with Crippen molar-refractivity contribution in [3.8, 4) is 17.0 Å². The van der Waals surface area contributed by atoms with E-state index in [0.29, 0.717) is 23.7 Å². The summed E-state index contributed by atoms with van der Waals surface area (Å²) in [7, 11) is 5.13. The number of benzene rings is 1. The van der Waals surface area contributed by atoms with Crippen LogP contribution in [0.15, 0.2) is 47.8 Å². The Morgan fingerprint density at radius 2 is 2.06 bits per heavy atom. The Hall–Kier alpha value is -3.76. The first-order valence-corrected chi connectivity index (χ1v) is 12.0. The summed E-state index contributed by atoms with van der Waals surface area (Å²) < 4.78 is 14.9. The largest absolute Gasteiger partial charge is 0.497 e. The van der Waals surface area contributed by atoms with Crippen LogP contribution in [-0.4, -0.2) is 64.0 Å². The normalized spacial score (nSPS) is 15.0. The van der Waals surface area contributed by atoms with Gasteiger partial charge in [0.15, 0.2) is 0 Å². The highest BCUT2D eigenvalue weighted by molar-refractivity contribution is 5.96. The zero-order chi connectivity index (χ0) is 25.1. The molecule has 1 aliphatic rings. The summed E-state index contributed by atoms with van der Waals surface area (Å²) in [5.41, 5.74) is 12.1. The molecule has 1 fully saturated rings. The van der Waals surface area contributed by atoms with Crippen LogP contribution in [-0.2, 0) is 17.8 Å². The summed E-state index contributed by atoms with van der Waals surface area (Å²) in [6.45, 7) is 2.15. The highest BCUT2D eigenvalue weighted by Gasteiger charge is 2.36. The molecule has 3 heterocycles. The van der Waals surface area contributed by atoms with Crippen molar-refractivity contribution < 1.29 is 9.47 Å². The van der Waals surface area contributed by atoms with Gasteiger partial charge in [-0.3, -0.25) is 4.99 Å². The summed E-state index contributed by atoms with van der Waals surface area (Å²) in [5.74, 6) is 0.654. The topological polar surface area (TPSA) is 117 Å². The molecule has 188 valence electrons. The van der Waals surface area contributed by atoms with Crippen LogP contribution in [0.2, 0.25) is 0 Å². The lowest BCUT2D eigenvalue weighted by molar-refractivity contribution is -0.0695. The van der Waals surface area contributed by atoms with Crippen LogP contribution in [0.25, 0.3) is 16.9 Å². The SMILES string of the molecule is CN=Cc1c(N)cc(OC)cc1-c1cn(Cc2cn3cc(CNCC4(OC)CCC4)ccc3n2)nn1. The van der Waals surface area contributed by atoms with E-state index < -0.39 is 0 Å². The average Bonchev–Trinajstić information content (AvgIpc) is 3.48. The van der Waals surface area contributed by atoms with Gasteiger partial charge in [0.25, 0.3) is 0 Å². The van der Waals surface area contributed by atoms with Gasteiger partial charge in [-0.2, -0.15) is 0 Å². The quantitative estimate of drug-likeness (QED) is 0.260. The van der Waals surface area contributed by atoms with Crippen LogP contribution in [0.5, 0.6) is 5.75 Å². The fraction of sp³-hybridized carbons (Fsp3) is 0.385. The molecule has 5 rings (SSSR count). The second-order valence-corrected chi connectivity index (χ2v) is 9.25. The van der Waals surface area contributed by atoms with Gasteiger partial charge in [-0.15, -0.1) is 5.10 Å². The van der Waals surface area contributed by atoms with Crippen LogP contribution in [0.4, 0.5) is 5.69 Å². The summed E-state index contributed by atoms with van der Waals surface area (Å²) in [6.07, 6.45) is 11.2. The molecular weight excluding hydrogens is 456 g/mol. The molecule has 0 bridgehead atoms. The Bertz CT molecular complexity index is 1380. The number of nitrogen functional groups attached to an aromatic ring is 1. The van der Waals surface area contributed by atoms with E-state index in [2.05, 4.69) is 37.3 Å². The van der Waals surface area contributed by atoms with Crippen LogP contribution < -0.4 is 15.8 Å². The Morgan fingerprint density at radius 3 is 2.78 bits per heavy atom. The average molecular weight is 489 g/mol. The number of imidazole rings is 1. The van der Waals surface area contributed by atoms with Crippen molar-refractivity contribution in [3.05, 3.63) is 59.7 Å². The van der Waals surface area contributed by atoms with E-state index in [1.54, 1.807) is 31.1 Å². The van der Waals surface area contributed by atoms with Crippen LogP contribution in [0, 0.1) is 0 Å². The van der Waals surface area contributed by atoms with Crippen molar-refractivity contribution in [3.63, 3.8) is 0 Å². The minimum Gasteiger partial charge on any atom is -0.497 e. The van der Waals surface area contributed by atoms with E-state index in [-0.39, 0.29) is 5.60 Å². The lowest BCUT2D eigenvalue weighted by Gasteiger charge is -2.40. The van der Waals surface area contributed by atoms with Gasteiger partial charge in [0, 0.05) is 68.7 Å². The fourth-order valence-electron chi connectivity index (χ4n) is 4.65. The Morgan fingerprint density at radius 1 is 1.19 bits per heavy atom. The molecule has 1 aliphatic carbocycles. The molecule has 4 aromatic rings. The molecule has 1 saturated carbocycles. The van der Waals surface area contributed by atoms with Crippen molar-refractivity contribution in [2.45, 2.75) is 38.0 Å². The van der Waals surface area contributed by atoms with Crippen molar-refractivity contribution in [2.75, 3.05) is 33.5 Å². The number of pyridine rings is 1. The number of nitrogens with one attached hydrogen (secondary N) is 1. The third kappa shape index (κ3) is 4.82. The molecule has 0 saturated heterocycles. The molecule has 3 aromatic heterocycles. The predicted octanol–water partition coefficient (Wildman–Crippen LogP) is 2.94. The second-order valence-electron chi connectivity index (χ2n) is 9.25.